The monoisotopic (exact) mass is 526 g/mol. The van der Waals surface area contributed by atoms with E-state index in [1.165, 1.54) is 4.90 Å². The summed E-state index contributed by atoms with van der Waals surface area (Å²) in [6.45, 7) is -0.508. The van der Waals surface area contributed by atoms with Gasteiger partial charge in [0.05, 0.1) is 35.7 Å². The maximum Gasteiger partial charge on any atom is 0.321 e. The molecule has 2 aromatic carbocycles. The number of urea groups is 1. The zero-order valence-corrected chi connectivity index (χ0v) is 21.6. The number of carbonyl (C=O) groups is 3. The molecule has 4 N–H and O–H groups in total. The highest BCUT2D eigenvalue weighted by Gasteiger charge is 2.45. The van der Waals surface area contributed by atoms with E-state index in [9.17, 15) is 19.5 Å². The summed E-state index contributed by atoms with van der Waals surface area (Å²) in [5, 5.41) is 18.4. The number of Topliss-reactive ketones (excluding diaryl/α,β-unsaturated/α-hetero) is 1. The van der Waals surface area contributed by atoms with E-state index in [2.05, 4.69) is 25.9 Å². The van der Waals surface area contributed by atoms with Gasteiger partial charge in [-0.15, -0.1) is 0 Å². The summed E-state index contributed by atoms with van der Waals surface area (Å²) in [4.78, 5) is 50.9. The van der Waals surface area contributed by atoms with Gasteiger partial charge in [0, 0.05) is 30.2 Å². The van der Waals surface area contributed by atoms with Crippen LogP contribution in [-0.4, -0.2) is 59.9 Å². The molecule has 3 amide bonds. The van der Waals surface area contributed by atoms with Gasteiger partial charge < -0.3 is 26.0 Å². The molecule has 3 aromatic rings. The Labute approximate surface area is 226 Å². The second-order valence-corrected chi connectivity index (χ2v) is 9.68. The largest absolute Gasteiger partial charge is 0.395 e. The number of benzodiazepines with no additional fused rings is 1. The fourth-order valence-corrected chi connectivity index (χ4v) is 4.88. The molecule has 1 aliphatic carbocycles. The number of hydrogen-bond donors (Lipinski definition) is 4. The molecule has 5 rings (SSSR count). The molecule has 1 aromatic heterocycles. The molecule has 1 aliphatic heterocycles. The SMILES string of the molecule is CNc1cccc(NC(=O)N[C@@H]2N=C(c3ccccn3)c3ccccc3N(CC(=O)C3(CO)CCC3)C2=O)c1. The van der Waals surface area contributed by atoms with Crippen molar-refractivity contribution >= 4 is 40.5 Å². The summed E-state index contributed by atoms with van der Waals surface area (Å²) in [7, 11) is 1.77. The molecule has 39 heavy (non-hydrogen) atoms. The number of nitrogens with zero attached hydrogens (tertiary/aromatic N) is 3. The number of benzene rings is 2. The van der Waals surface area contributed by atoms with Crippen LogP contribution in [0.1, 0.15) is 30.5 Å². The smallest absolute Gasteiger partial charge is 0.321 e. The maximum absolute atomic E-state index is 14.0. The Morgan fingerprint density at radius 2 is 1.82 bits per heavy atom. The minimum absolute atomic E-state index is 0.215. The summed E-state index contributed by atoms with van der Waals surface area (Å²) in [5.74, 6) is -0.777. The van der Waals surface area contributed by atoms with Gasteiger partial charge in [0.2, 0.25) is 6.17 Å². The predicted molar refractivity (Wildman–Crippen MR) is 149 cm³/mol. The van der Waals surface area contributed by atoms with Crippen LogP contribution < -0.4 is 20.9 Å². The lowest BCUT2D eigenvalue weighted by Crippen LogP contribution is -2.53. The number of rotatable bonds is 8. The molecule has 0 bridgehead atoms. The topological polar surface area (TPSA) is 136 Å². The second-order valence-electron chi connectivity index (χ2n) is 9.68. The molecule has 10 nitrogen and oxygen atoms in total. The third-order valence-corrected chi connectivity index (χ3v) is 7.30. The maximum atomic E-state index is 14.0. The minimum atomic E-state index is -1.33. The van der Waals surface area contributed by atoms with E-state index in [-0.39, 0.29) is 18.9 Å². The fraction of sp³-hybridized carbons (Fsp3) is 0.276. The standard InChI is InChI=1S/C29H30N6O4/c1-30-19-8-6-9-20(16-19)32-28(39)34-26-27(38)35(17-24(37)29(18-36)13-7-14-29)23-12-3-2-10-21(23)25(33-26)22-11-4-5-15-31-22/h2-6,8-12,15-16,26,30,36H,7,13-14,17-18H2,1H3,(H2,32,34,39)/t26-/m0/s1. The van der Waals surface area contributed by atoms with Gasteiger partial charge >= 0.3 is 6.03 Å². The summed E-state index contributed by atoms with van der Waals surface area (Å²) in [6, 6.07) is 19.0. The van der Waals surface area contributed by atoms with Crippen LogP contribution in [0.15, 0.2) is 77.9 Å². The lowest BCUT2D eigenvalue weighted by atomic mass is 9.66. The van der Waals surface area contributed by atoms with E-state index >= 15 is 0 Å². The van der Waals surface area contributed by atoms with Crippen LogP contribution in [0.25, 0.3) is 0 Å². The molecular weight excluding hydrogens is 496 g/mol. The van der Waals surface area contributed by atoms with E-state index in [4.69, 9.17) is 0 Å². The average Bonchev–Trinajstić information content (AvgIpc) is 3.04. The zero-order valence-electron chi connectivity index (χ0n) is 21.6. The van der Waals surface area contributed by atoms with Crippen molar-refractivity contribution in [2.75, 3.05) is 35.7 Å². The highest BCUT2D eigenvalue weighted by atomic mass is 16.3. The number of hydrogen-bond acceptors (Lipinski definition) is 7. The molecule has 10 heteroatoms. The van der Waals surface area contributed by atoms with Crippen LogP contribution in [0.4, 0.5) is 21.9 Å². The molecule has 2 heterocycles. The number of aliphatic hydroxyl groups excluding tert-OH is 1. The van der Waals surface area contributed by atoms with Crippen molar-refractivity contribution in [1.29, 1.82) is 0 Å². The lowest BCUT2D eigenvalue weighted by Gasteiger charge is -2.40. The Morgan fingerprint density at radius 1 is 1.05 bits per heavy atom. The van der Waals surface area contributed by atoms with E-state index < -0.39 is 23.5 Å². The highest BCUT2D eigenvalue weighted by molar-refractivity contribution is 6.20. The average molecular weight is 527 g/mol. The number of para-hydroxylation sites is 1. The number of nitrogens with one attached hydrogen (secondary N) is 3. The minimum Gasteiger partial charge on any atom is -0.395 e. The van der Waals surface area contributed by atoms with Crippen LogP contribution in [0.2, 0.25) is 0 Å². The number of aliphatic hydroxyl groups is 1. The molecule has 2 aliphatic rings. The number of anilines is 3. The van der Waals surface area contributed by atoms with Crippen LogP contribution >= 0.6 is 0 Å². The molecule has 0 saturated heterocycles. The van der Waals surface area contributed by atoms with Crippen molar-refractivity contribution in [2.45, 2.75) is 25.4 Å². The Balaban J connectivity index is 1.51. The van der Waals surface area contributed by atoms with Crippen molar-refractivity contribution in [2.24, 2.45) is 10.4 Å². The van der Waals surface area contributed by atoms with Crippen molar-refractivity contribution < 1.29 is 19.5 Å². The van der Waals surface area contributed by atoms with Crippen molar-refractivity contribution in [3.63, 3.8) is 0 Å². The Bertz CT molecular complexity index is 1410. The van der Waals surface area contributed by atoms with Crippen LogP contribution in [0, 0.1) is 5.41 Å². The first-order chi connectivity index (χ1) is 18.9. The Hall–Kier alpha value is -4.57. The van der Waals surface area contributed by atoms with Crippen molar-refractivity contribution in [3.8, 4) is 0 Å². The van der Waals surface area contributed by atoms with E-state index in [1.807, 2.05) is 24.3 Å². The number of pyridine rings is 1. The van der Waals surface area contributed by atoms with Crippen LogP contribution in [0.3, 0.4) is 0 Å². The molecule has 0 radical (unpaired) electrons. The van der Waals surface area contributed by atoms with Gasteiger partial charge in [-0.05, 0) is 49.2 Å². The Morgan fingerprint density at radius 3 is 2.51 bits per heavy atom. The molecule has 1 atom stereocenters. The van der Waals surface area contributed by atoms with Gasteiger partial charge in [-0.3, -0.25) is 14.6 Å². The summed E-state index contributed by atoms with van der Waals surface area (Å²) in [5.41, 5.74) is 2.52. The Kier molecular flexibility index (Phi) is 7.38. The van der Waals surface area contributed by atoms with Gasteiger partial charge in [-0.2, -0.15) is 0 Å². The number of fused-ring (bicyclic) bond motifs is 1. The van der Waals surface area contributed by atoms with Crippen LogP contribution in [-0.2, 0) is 9.59 Å². The van der Waals surface area contributed by atoms with Gasteiger partial charge in [-0.1, -0.05) is 36.8 Å². The van der Waals surface area contributed by atoms with Crippen molar-refractivity contribution in [3.05, 3.63) is 84.2 Å². The summed E-state index contributed by atoms with van der Waals surface area (Å²) in [6.07, 6.45) is 2.30. The molecular formula is C29H30N6O4. The quantitative estimate of drug-likeness (QED) is 0.356. The summed E-state index contributed by atoms with van der Waals surface area (Å²) >= 11 is 0. The van der Waals surface area contributed by atoms with Gasteiger partial charge in [0.15, 0.2) is 5.78 Å². The number of ketones is 1. The molecule has 0 spiro atoms. The highest BCUT2D eigenvalue weighted by Crippen LogP contribution is 2.42. The number of carbonyl (C=O) groups excluding carboxylic acids is 3. The third-order valence-electron chi connectivity index (χ3n) is 7.30. The molecule has 1 fully saturated rings. The molecule has 1 saturated carbocycles. The van der Waals surface area contributed by atoms with Crippen molar-refractivity contribution in [1.82, 2.24) is 10.3 Å². The first-order valence-corrected chi connectivity index (χ1v) is 12.8. The molecule has 200 valence electrons. The predicted octanol–water partition coefficient (Wildman–Crippen LogP) is 3.19. The first kappa shape index (κ1) is 26.1. The first-order valence-electron chi connectivity index (χ1n) is 12.8. The van der Waals surface area contributed by atoms with E-state index in [0.29, 0.717) is 41.2 Å². The summed E-state index contributed by atoms with van der Waals surface area (Å²) < 4.78 is 0. The van der Waals surface area contributed by atoms with Gasteiger partial charge in [0.1, 0.15) is 0 Å². The normalized spacial score (nSPS) is 17.7. The van der Waals surface area contributed by atoms with Crippen LogP contribution in [0.5, 0.6) is 0 Å². The number of amides is 3. The van der Waals surface area contributed by atoms with Gasteiger partial charge in [-0.25, -0.2) is 9.79 Å². The lowest BCUT2D eigenvalue weighted by molar-refractivity contribution is -0.136. The fourth-order valence-electron chi connectivity index (χ4n) is 4.88. The van der Waals surface area contributed by atoms with E-state index in [1.54, 1.807) is 55.7 Å². The molecule has 0 unspecified atom stereocenters. The second kappa shape index (κ2) is 11.0. The number of aromatic nitrogens is 1. The van der Waals surface area contributed by atoms with E-state index in [0.717, 1.165) is 12.1 Å². The number of aliphatic imine (C=N–C) groups is 1. The van der Waals surface area contributed by atoms with Gasteiger partial charge in [0.25, 0.3) is 5.91 Å². The third kappa shape index (κ3) is 5.23. The zero-order chi connectivity index (χ0) is 27.4.